The standard InChI is InChI=1S/C15H11N3O4S/c19-14-13(23-15(20)16-14)8-11-5-3-7-17(11)9-10-4-1-2-6-12(10)18(21)22/h1-8H,9H2,(H,16,19,20)/b13-8-. The normalized spacial score (nSPS) is 15.9. The zero-order valence-corrected chi connectivity index (χ0v) is 12.6. The monoisotopic (exact) mass is 329 g/mol. The second-order valence-electron chi connectivity index (χ2n) is 4.80. The number of nitro groups is 1. The molecule has 1 aliphatic rings. The van der Waals surface area contributed by atoms with Crippen LogP contribution in [0.4, 0.5) is 10.5 Å². The Labute approximate surface area is 135 Å². The Balaban J connectivity index is 1.91. The number of thioether (sulfide) groups is 1. The zero-order valence-electron chi connectivity index (χ0n) is 11.8. The quantitative estimate of drug-likeness (QED) is 0.529. The number of nitrogens with one attached hydrogen (secondary N) is 1. The second-order valence-corrected chi connectivity index (χ2v) is 5.81. The molecule has 0 spiro atoms. The molecule has 0 aliphatic carbocycles. The highest BCUT2D eigenvalue weighted by atomic mass is 32.2. The largest absolute Gasteiger partial charge is 0.343 e. The summed E-state index contributed by atoms with van der Waals surface area (Å²) in [6.07, 6.45) is 3.36. The van der Waals surface area contributed by atoms with Crippen LogP contribution in [0.2, 0.25) is 0 Å². The van der Waals surface area contributed by atoms with Gasteiger partial charge in [-0.2, -0.15) is 0 Å². The molecule has 1 saturated heterocycles. The van der Waals surface area contributed by atoms with E-state index in [9.17, 15) is 19.7 Å². The van der Waals surface area contributed by atoms with Crippen molar-refractivity contribution in [2.24, 2.45) is 0 Å². The fourth-order valence-electron chi connectivity index (χ4n) is 2.26. The van der Waals surface area contributed by atoms with Crippen LogP contribution in [0.5, 0.6) is 0 Å². The highest BCUT2D eigenvalue weighted by molar-refractivity contribution is 8.18. The number of benzene rings is 1. The first-order valence-corrected chi connectivity index (χ1v) is 7.48. The molecule has 1 aliphatic heterocycles. The van der Waals surface area contributed by atoms with Crippen LogP contribution in [0.1, 0.15) is 11.3 Å². The molecule has 8 heteroatoms. The van der Waals surface area contributed by atoms with Crippen LogP contribution in [0.25, 0.3) is 6.08 Å². The van der Waals surface area contributed by atoms with Crippen LogP contribution in [0.3, 0.4) is 0 Å². The summed E-state index contributed by atoms with van der Waals surface area (Å²) < 4.78 is 1.78. The van der Waals surface area contributed by atoms with E-state index in [1.807, 2.05) is 0 Å². The predicted molar refractivity (Wildman–Crippen MR) is 85.7 cm³/mol. The molecule has 0 unspecified atom stereocenters. The van der Waals surface area contributed by atoms with Crippen molar-refractivity contribution in [3.05, 3.63) is 68.9 Å². The number of hydrogen-bond donors (Lipinski definition) is 1. The molecule has 0 radical (unpaired) electrons. The minimum absolute atomic E-state index is 0.0444. The van der Waals surface area contributed by atoms with E-state index in [0.717, 1.165) is 11.8 Å². The SMILES string of the molecule is O=C1NC(=O)/C(=C/c2cccn2Cc2ccccc2[N+](=O)[O-])S1. The predicted octanol–water partition coefficient (Wildman–Crippen LogP) is 2.77. The van der Waals surface area contributed by atoms with Crippen molar-refractivity contribution >= 4 is 34.7 Å². The third-order valence-corrected chi connectivity index (χ3v) is 4.13. The van der Waals surface area contributed by atoms with Gasteiger partial charge >= 0.3 is 0 Å². The molecule has 1 aromatic carbocycles. The number of carbonyl (C=O) groups is 2. The summed E-state index contributed by atoms with van der Waals surface area (Å²) in [5, 5.41) is 12.9. The Hall–Kier alpha value is -2.87. The second kappa shape index (κ2) is 6.09. The van der Waals surface area contributed by atoms with E-state index in [4.69, 9.17) is 0 Å². The van der Waals surface area contributed by atoms with Crippen molar-refractivity contribution in [1.29, 1.82) is 0 Å². The van der Waals surface area contributed by atoms with Gasteiger partial charge < -0.3 is 4.57 Å². The third-order valence-electron chi connectivity index (χ3n) is 3.31. The average Bonchev–Trinajstić information content (AvgIpc) is 3.06. The molecular formula is C15H11N3O4S. The summed E-state index contributed by atoms with van der Waals surface area (Å²) in [4.78, 5) is 33.8. The highest BCUT2D eigenvalue weighted by Crippen LogP contribution is 2.26. The number of nitrogens with zero attached hydrogens (tertiary/aromatic N) is 2. The molecule has 1 fully saturated rings. The number of hydrogen-bond acceptors (Lipinski definition) is 5. The fourth-order valence-corrected chi connectivity index (χ4v) is 2.93. The summed E-state index contributed by atoms with van der Waals surface area (Å²) in [5.41, 5.74) is 1.30. The van der Waals surface area contributed by atoms with E-state index in [0.29, 0.717) is 22.7 Å². The first-order chi connectivity index (χ1) is 11.0. The van der Waals surface area contributed by atoms with E-state index < -0.39 is 16.1 Å². The third kappa shape index (κ3) is 3.16. The van der Waals surface area contributed by atoms with E-state index in [-0.39, 0.29) is 5.69 Å². The molecule has 2 amide bonds. The molecule has 7 nitrogen and oxygen atoms in total. The Morgan fingerprint density at radius 1 is 1.22 bits per heavy atom. The van der Waals surface area contributed by atoms with Crippen molar-refractivity contribution in [3.8, 4) is 0 Å². The van der Waals surface area contributed by atoms with Crippen molar-refractivity contribution in [2.45, 2.75) is 6.54 Å². The average molecular weight is 329 g/mol. The van der Waals surface area contributed by atoms with Gasteiger partial charge in [0.05, 0.1) is 16.4 Å². The molecule has 2 heterocycles. The van der Waals surface area contributed by atoms with Gasteiger partial charge in [-0.25, -0.2) is 0 Å². The van der Waals surface area contributed by atoms with Gasteiger partial charge in [0.15, 0.2) is 0 Å². The van der Waals surface area contributed by atoms with Gasteiger partial charge in [-0.15, -0.1) is 0 Å². The Bertz CT molecular complexity index is 841. The molecule has 0 atom stereocenters. The summed E-state index contributed by atoms with van der Waals surface area (Å²) in [7, 11) is 0. The molecule has 3 rings (SSSR count). The minimum atomic E-state index is -0.432. The van der Waals surface area contributed by atoms with Crippen molar-refractivity contribution in [2.75, 3.05) is 0 Å². The summed E-state index contributed by atoms with van der Waals surface area (Å²) in [6.45, 7) is 0.295. The Morgan fingerprint density at radius 3 is 2.70 bits per heavy atom. The lowest BCUT2D eigenvalue weighted by atomic mass is 10.2. The minimum Gasteiger partial charge on any atom is -0.343 e. The number of aromatic nitrogens is 1. The maximum atomic E-state index is 11.6. The molecule has 2 aromatic rings. The number of carbonyl (C=O) groups excluding carboxylic acids is 2. The van der Waals surface area contributed by atoms with E-state index in [2.05, 4.69) is 5.32 Å². The Morgan fingerprint density at radius 2 is 2.00 bits per heavy atom. The maximum absolute atomic E-state index is 11.6. The smallest absolute Gasteiger partial charge is 0.290 e. The van der Waals surface area contributed by atoms with E-state index in [1.54, 1.807) is 47.2 Å². The van der Waals surface area contributed by atoms with Crippen LogP contribution in [0, 0.1) is 10.1 Å². The summed E-state index contributed by atoms with van der Waals surface area (Å²) in [5.74, 6) is -0.432. The lowest BCUT2D eigenvalue weighted by Crippen LogP contribution is -2.17. The fraction of sp³-hybridized carbons (Fsp3) is 0.0667. The van der Waals surface area contributed by atoms with Gasteiger partial charge in [0.2, 0.25) is 0 Å². The van der Waals surface area contributed by atoms with E-state index in [1.165, 1.54) is 6.07 Å². The van der Waals surface area contributed by atoms with Crippen LogP contribution in [-0.2, 0) is 11.3 Å². The molecular weight excluding hydrogens is 318 g/mol. The van der Waals surface area contributed by atoms with Gasteiger partial charge in [0.1, 0.15) is 0 Å². The van der Waals surface area contributed by atoms with Crippen molar-refractivity contribution < 1.29 is 14.5 Å². The lowest BCUT2D eigenvalue weighted by Gasteiger charge is -2.07. The van der Waals surface area contributed by atoms with E-state index >= 15 is 0 Å². The van der Waals surface area contributed by atoms with Gasteiger partial charge in [0, 0.05) is 23.5 Å². The summed E-state index contributed by atoms with van der Waals surface area (Å²) in [6, 6.07) is 10.1. The first-order valence-electron chi connectivity index (χ1n) is 6.67. The topological polar surface area (TPSA) is 94.2 Å². The molecule has 116 valence electrons. The lowest BCUT2D eigenvalue weighted by molar-refractivity contribution is -0.385. The van der Waals surface area contributed by atoms with Crippen LogP contribution in [0.15, 0.2) is 47.5 Å². The molecule has 0 saturated carbocycles. The Kier molecular flexibility index (Phi) is 3.98. The summed E-state index contributed by atoms with van der Waals surface area (Å²) >= 11 is 0.835. The maximum Gasteiger partial charge on any atom is 0.290 e. The van der Waals surface area contributed by atoms with Gasteiger partial charge in [-0.05, 0) is 30.0 Å². The number of nitro benzene ring substituents is 1. The number of para-hydroxylation sites is 1. The van der Waals surface area contributed by atoms with Crippen molar-refractivity contribution in [1.82, 2.24) is 9.88 Å². The first kappa shape index (κ1) is 15.0. The van der Waals surface area contributed by atoms with Gasteiger partial charge in [-0.1, -0.05) is 18.2 Å². The molecule has 1 N–H and O–H groups in total. The number of amides is 2. The van der Waals surface area contributed by atoms with Gasteiger partial charge in [-0.3, -0.25) is 25.0 Å². The van der Waals surface area contributed by atoms with Crippen LogP contribution in [-0.4, -0.2) is 20.6 Å². The zero-order chi connectivity index (χ0) is 16.4. The molecule has 0 bridgehead atoms. The van der Waals surface area contributed by atoms with Gasteiger partial charge in [0.25, 0.3) is 16.8 Å². The highest BCUT2D eigenvalue weighted by Gasteiger charge is 2.25. The molecule has 1 aromatic heterocycles. The number of imide groups is 1. The van der Waals surface area contributed by atoms with Crippen LogP contribution < -0.4 is 5.32 Å². The van der Waals surface area contributed by atoms with Crippen molar-refractivity contribution in [3.63, 3.8) is 0 Å². The number of rotatable bonds is 4. The van der Waals surface area contributed by atoms with Crippen LogP contribution >= 0.6 is 11.8 Å². The molecule has 23 heavy (non-hydrogen) atoms.